The molecule has 0 atom stereocenters. The van der Waals surface area contributed by atoms with E-state index in [1.807, 2.05) is 24.3 Å². The molecule has 0 unspecified atom stereocenters. The van der Waals surface area contributed by atoms with E-state index in [0.29, 0.717) is 24.2 Å². The third-order valence-corrected chi connectivity index (χ3v) is 3.43. The molecular weight excluding hydrogens is 306 g/mol. The molecule has 24 heavy (non-hydrogen) atoms. The first-order valence-corrected chi connectivity index (χ1v) is 7.62. The summed E-state index contributed by atoms with van der Waals surface area (Å²) in [5, 5.41) is 7.96. The summed E-state index contributed by atoms with van der Waals surface area (Å²) in [5.41, 5.74) is 2.39. The van der Waals surface area contributed by atoms with Crippen molar-refractivity contribution >= 4 is 23.3 Å². The lowest BCUT2D eigenvalue weighted by atomic mass is 10.1. The van der Waals surface area contributed by atoms with Crippen LogP contribution in [0.1, 0.15) is 12.0 Å². The van der Waals surface area contributed by atoms with Crippen LogP contribution in [0.4, 0.5) is 16.2 Å². The highest BCUT2D eigenvalue weighted by Crippen LogP contribution is 2.16. The van der Waals surface area contributed by atoms with E-state index in [2.05, 4.69) is 16.0 Å². The molecule has 0 aliphatic carbocycles. The van der Waals surface area contributed by atoms with Crippen LogP contribution in [-0.4, -0.2) is 26.1 Å². The van der Waals surface area contributed by atoms with Gasteiger partial charge < -0.3 is 20.7 Å². The molecular formula is C18H21N3O3. The van der Waals surface area contributed by atoms with Crippen LogP contribution >= 0.6 is 0 Å². The van der Waals surface area contributed by atoms with Crippen molar-refractivity contribution in [1.29, 1.82) is 0 Å². The molecule has 2 rings (SSSR count). The average molecular weight is 327 g/mol. The second kappa shape index (κ2) is 8.57. The van der Waals surface area contributed by atoms with Crippen molar-refractivity contribution < 1.29 is 14.3 Å². The predicted octanol–water partition coefficient (Wildman–Crippen LogP) is 3.02. The molecule has 0 aromatic heterocycles. The number of anilines is 2. The zero-order valence-electron chi connectivity index (χ0n) is 13.8. The zero-order chi connectivity index (χ0) is 17.4. The number of urea groups is 1. The Balaban J connectivity index is 1.84. The summed E-state index contributed by atoms with van der Waals surface area (Å²) < 4.78 is 5.17. The number of hydrogen-bond donors (Lipinski definition) is 3. The lowest BCUT2D eigenvalue weighted by Gasteiger charge is -2.08. The van der Waals surface area contributed by atoms with Crippen LogP contribution in [-0.2, 0) is 11.2 Å². The Bertz CT molecular complexity index is 699. The van der Waals surface area contributed by atoms with E-state index in [-0.39, 0.29) is 11.9 Å². The van der Waals surface area contributed by atoms with Crippen molar-refractivity contribution in [2.45, 2.75) is 12.8 Å². The number of rotatable bonds is 6. The van der Waals surface area contributed by atoms with Gasteiger partial charge in [-0.3, -0.25) is 4.79 Å². The van der Waals surface area contributed by atoms with E-state index in [1.54, 1.807) is 38.4 Å². The monoisotopic (exact) mass is 327 g/mol. The Labute approximate surface area is 141 Å². The van der Waals surface area contributed by atoms with Gasteiger partial charge in [-0.1, -0.05) is 12.1 Å². The summed E-state index contributed by atoms with van der Waals surface area (Å²) in [6, 6.07) is 14.3. The number of nitrogens with one attached hydrogen (secondary N) is 3. The second-order valence-corrected chi connectivity index (χ2v) is 5.18. The molecule has 0 saturated carbocycles. The molecule has 0 fully saturated rings. The molecule has 3 N–H and O–H groups in total. The molecule has 2 aromatic rings. The molecule has 126 valence electrons. The number of benzene rings is 2. The average Bonchev–Trinajstić information content (AvgIpc) is 2.61. The first-order chi connectivity index (χ1) is 11.6. The van der Waals surface area contributed by atoms with Crippen molar-refractivity contribution in [3.63, 3.8) is 0 Å². The van der Waals surface area contributed by atoms with Crippen molar-refractivity contribution in [3.05, 3.63) is 54.1 Å². The van der Waals surface area contributed by atoms with Crippen LogP contribution < -0.4 is 20.7 Å². The fourth-order valence-corrected chi connectivity index (χ4v) is 2.14. The molecule has 0 heterocycles. The highest BCUT2D eigenvalue weighted by Gasteiger charge is 2.05. The van der Waals surface area contributed by atoms with E-state index in [1.165, 1.54) is 0 Å². The summed E-state index contributed by atoms with van der Waals surface area (Å²) in [6.45, 7) is 0. The van der Waals surface area contributed by atoms with Gasteiger partial charge in [-0.15, -0.1) is 0 Å². The zero-order valence-corrected chi connectivity index (χ0v) is 13.8. The van der Waals surface area contributed by atoms with Crippen molar-refractivity contribution in [2.75, 3.05) is 24.8 Å². The minimum Gasteiger partial charge on any atom is -0.497 e. The Morgan fingerprint density at radius 2 is 1.67 bits per heavy atom. The van der Waals surface area contributed by atoms with E-state index in [9.17, 15) is 9.59 Å². The summed E-state index contributed by atoms with van der Waals surface area (Å²) in [5.74, 6) is 0.719. The number of hydrogen-bond acceptors (Lipinski definition) is 3. The summed E-state index contributed by atoms with van der Waals surface area (Å²) in [6.07, 6.45) is 1.02. The van der Waals surface area contributed by atoms with Gasteiger partial charge in [-0.2, -0.15) is 0 Å². The Morgan fingerprint density at radius 3 is 2.29 bits per heavy atom. The minimum absolute atomic E-state index is 0.0650. The van der Waals surface area contributed by atoms with Gasteiger partial charge in [0, 0.05) is 24.8 Å². The Hall–Kier alpha value is -3.02. The van der Waals surface area contributed by atoms with Crippen LogP contribution in [0.25, 0.3) is 0 Å². The van der Waals surface area contributed by atoms with Crippen molar-refractivity contribution in [1.82, 2.24) is 5.32 Å². The molecule has 2 aromatic carbocycles. The van der Waals surface area contributed by atoms with Gasteiger partial charge in [0.25, 0.3) is 0 Å². The summed E-state index contributed by atoms with van der Waals surface area (Å²) in [4.78, 5) is 23.2. The fourth-order valence-electron chi connectivity index (χ4n) is 2.14. The lowest BCUT2D eigenvalue weighted by molar-refractivity contribution is -0.116. The van der Waals surface area contributed by atoms with Gasteiger partial charge in [0.05, 0.1) is 7.11 Å². The molecule has 0 spiro atoms. The van der Waals surface area contributed by atoms with E-state index in [4.69, 9.17) is 4.74 Å². The standard InChI is InChI=1S/C18H21N3O3/c1-19-18(23)21-15-9-7-14(8-10-15)20-17(22)11-6-13-4-3-5-16(12-13)24-2/h3-5,7-10,12H,6,11H2,1-2H3,(H,20,22)(H2,19,21,23). The number of ether oxygens (including phenoxy) is 1. The molecule has 0 saturated heterocycles. The highest BCUT2D eigenvalue weighted by atomic mass is 16.5. The minimum atomic E-state index is -0.287. The maximum Gasteiger partial charge on any atom is 0.318 e. The molecule has 3 amide bonds. The van der Waals surface area contributed by atoms with Crippen LogP contribution in [0.5, 0.6) is 5.75 Å². The van der Waals surface area contributed by atoms with E-state index in [0.717, 1.165) is 11.3 Å². The van der Waals surface area contributed by atoms with Crippen LogP contribution in [0.3, 0.4) is 0 Å². The largest absolute Gasteiger partial charge is 0.497 e. The smallest absolute Gasteiger partial charge is 0.318 e. The van der Waals surface area contributed by atoms with Crippen molar-refractivity contribution in [2.24, 2.45) is 0 Å². The normalized spacial score (nSPS) is 9.92. The predicted molar refractivity (Wildman–Crippen MR) is 94.5 cm³/mol. The SMILES string of the molecule is CNC(=O)Nc1ccc(NC(=O)CCc2cccc(OC)c2)cc1. The van der Waals surface area contributed by atoms with Crippen LogP contribution in [0, 0.1) is 0 Å². The first-order valence-electron chi connectivity index (χ1n) is 7.62. The molecule has 6 nitrogen and oxygen atoms in total. The third-order valence-electron chi connectivity index (χ3n) is 3.43. The van der Waals surface area contributed by atoms with Gasteiger partial charge >= 0.3 is 6.03 Å². The summed E-state index contributed by atoms with van der Waals surface area (Å²) >= 11 is 0. The number of carbonyl (C=O) groups is 2. The van der Waals surface area contributed by atoms with E-state index >= 15 is 0 Å². The Kier molecular flexibility index (Phi) is 6.19. The quantitative estimate of drug-likeness (QED) is 0.763. The Morgan fingerprint density at radius 1 is 1.00 bits per heavy atom. The van der Waals surface area contributed by atoms with Gasteiger partial charge in [-0.05, 0) is 48.4 Å². The fraction of sp³-hybridized carbons (Fsp3) is 0.222. The van der Waals surface area contributed by atoms with Gasteiger partial charge in [0.15, 0.2) is 0 Å². The van der Waals surface area contributed by atoms with Gasteiger partial charge in [0.1, 0.15) is 5.75 Å². The maximum absolute atomic E-state index is 12.0. The first kappa shape index (κ1) is 17.3. The molecule has 0 aliphatic heterocycles. The molecule has 0 radical (unpaired) electrons. The van der Waals surface area contributed by atoms with Crippen LogP contribution in [0.2, 0.25) is 0 Å². The second-order valence-electron chi connectivity index (χ2n) is 5.18. The number of carbonyl (C=O) groups excluding carboxylic acids is 2. The van der Waals surface area contributed by atoms with E-state index < -0.39 is 0 Å². The van der Waals surface area contributed by atoms with Crippen LogP contribution in [0.15, 0.2) is 48.5 Å². The third kappa shape index (κ3) is 5.31. The highest BCUT2D eigenvalue weighted by molar-refractivity contribution is 5.92. The van der Waals surface area contributed by atoms with Gasteiger partial charge in [-0.25, -0.2) is 4.79 Å². The summed E-state index contributed by atoms with van der Waals surface area (Å²) in [7, 11) is 3.17. The molecule has 0 bridgehead atoms. The lowest BCUT2D eigenvalue weighted by Crippen LogP contribution is -2.24. The molecule has 6 heteroatoms. The number of amides is 3. The number of aryl methyl sites for hydroxylation is 1. The van der Waals surface area contributed by atoms with Gasteiger partial charge in [0.2, 0.25) is 5.91 Å². The number of methoxy groups -OCH3 is 1. The molecule has 0 aliphatic rings. The topological polar surface area (TPSA) is 79.5 Å². The van der Waals surface area contributed by atoms with Crippen molar-refractivity contribution in [3.8, 4) is 5.75 Å². The maximum atomic E-state index is 12.0.